The molecule has 4 atom stereocenters. The average molecular weight is 697 g/mol. The number of hydrogen-bond donors (Lipinski definition) is 4. The Morgan fingerprint density at radius 1 is 0.615 bits per heavy atom. The van der Waals surface area contributed by atoms with E-state index in [1.807, 2.05) is 82.6 Å². The predicted octanol–water partition coefficient (Wildman–Crippen LogP) is 6.80. The van der Waals surface area contributed by atoms with E-state index in [1.165, 1.54) is 0 Å². The molecule has 2 unspecified atom stereocenters. The molecule has 0 radical (unpaired) electrons. The maximum absolute atomic E-state index is 13.4. The first-order valence-electron chi connectivity index (χ1n) is 18.4. The van der Waals surface area contributed by atoms with Gasteiger partial charge in [0.2, 0.25) is 11.8 Å². The van der Waals surface area contributed by atoms with Gasteiger partial charge in [-0.05, 0) is 85.0 Å². The van der Waals surface area contributed by atoms with Gasteiger partial charge < -0.3 is 30.0 Å². The summed E-state index contributed by atoms with van der Waals surface area (Å²) in [5.41, 5.74) is 6.03. The fourth-order valence-electron chi connectivity index (χ4n) is 7.91. The van der Waals surface area contributed by atoms with Crippen molar-refractivity contribution in [3.05, 3.63) is 131 Å². The third kappa shape index (κ3) is 6.96. The number of benzene rings is 4. The molecule has 8 rings (SSSR count). The average Bonchev–Trinajstić information content (AvgIpc) is 3.82. The number of nitrogens with zero attached hydrogens (tertiary/aromatic N) is 4. The number of H-pyrrole nitrogens is 2. The molecular weight excluding hydrogens is 652 g/mol. The molecule has 2 saturated heterocycles. The molecule has 2 amide bonds. The zero-order valence-corrected chi connectivity index (χ0v) is 29.1. The van der Waals surface area contributed by atoms with Gasteiger partial charge in [-0.25, -0.2) is 9.97 Å². The summed E-state index contributed by atoms with van der Waals surface area (Å²) >= 11 is 0. The number of fused-ring (bicyclic) bond motifs is 2. The first-order chi connectivity index (χ1) is 25.4. The van der Waals surface area contributed by atoms with Crippen LogP contribution < -0.4 is 0 Å². The van der Waals surface area contributed by atoms with Gasteiger partial charge in [-0.3, -0.25) is 9.59 Å². The standard InChI is InChI=1S/C42H44N6O4/c49-37(23-27-11-3-1-4-12-27)47-21-9-7-15-35(47)41-43-31-19-17-29(25-33(31)45-41)39(51)40(52)30-18-20-32-34(26-30)46-42(44-32)36-16-8-10-22-48(36)38(50)24-28-13-5-2-6-14-28/h1-6,11-14,17-20,25-26,35-36,39-40,51-52H,7-10,15-16,21-24H2,(H,43,45)(H,44,46)/t35-,36-,39?,40?/m0/s1. The quantitative estimate of drug-likeness (QED) is 0.131. The first kappa shape index (κ1) is 33.8. The minimum Gasteiger partial charge on any atom is -0.385 e. The highest BCUT2D eigenvalue weighted by molar-refractivity contribution is 5.81. The summed E-state index contributed by atoms with van der Waals surface area (Å²) < 4.78 is 0. The van der Waals surface area contributed by atoms with Crippen molar-refractivity contribution in [3.8, 4) is 0 Å². The lowest BCUT2D eigenvalue weighted by Gasteiger charge is -2.34. The fraction of sp³-hybridized carbons (Fsp3) is 0.333. The summed E-state index contributed by atoms with van der Waals surface area (Å²) in [5, 5.41) is 22.8. The lowest BCUT2D eigenvalue weighted by atomic mass is 9.97. The Labute approximate surface area is 302 Å². The molecule has 0 aliphatic carbocycles. The number of nitrogens with one attached hydrogen (secondary N) is 2. The number of rotatable bonds is 9. The Hall–Kier alpha value is -5.32. The van der Waals surface area contributed by atoms with Gasteiger partial charge in [-0.1, -0.05) is 72.8 Å². The summed E-state index contributed by atoms with van der Waals surface area (Å²) in [6.45, 7) is 1.38. The number of amides is 2. The normalized spacial score (nSPS) is 19.2. The molecule has 10 nitrogen and oxygen atoms in total. The summed E-state index contributed by atoms with van der Waals surface area (Å²) in [5.74, 6) is 1.65. The van der Waals surface area contributed by atoms with Gasteiger partial charge >= 0.3 is 0 Å². The van der Waals surface area contributed by atoms with Crippen LogP contribution in [0, 0.1) is 0 Å². The van der Waals surface area contributed by atoms with Crippen molar-refractivity contribution < 1.29 is 19.8 Å². The highest BCUT2D eigenvalue weighted by Crippen LogP contribution is 2.36. The summed E-state index contributed by atoms with van der Waals surface area (Å²) in [7, 11) is 0. The Bertz CT molecular complexity index is 2030. The number of hydrogen-bond acceptors (Lipinski definition) is 6. The van der Waals surface area contributed by atoms with Gasteiger partial charge in [0.25, 0.3) is 0 Å². The Morgan fingerprint density at radius 3 is 1.46 bits per heavy atom. The van der Waals surface area contributed by atoms with Crippen molar-refractivity contribution in [2.45, 2.75) is 75.7 Å². The minimum absolute atomic E-state index is 0.0872. The fourth-order valence-corrected chi connectivity index (χ4v) is 7.91. The zero-order valence-electron chi connectivity index (χ0n) is 29.1. The largest absolute Gasteiger partial charge is 0.385 e. The maximum atomic E-state index is 13.4. The highest BCUT2D eigenvalue weighted by Gasteiger charge is 2.32. The van der Waals surface area contributed by atoms with Gasteiger partial charge in [0.05, 0.1) is 47.0 Å². The molecule has 2 aliphatic heterocycles. The van der Waals surface area contributed by atoms with Crippen molar-refractivity contribution in [2.75, 3.05) is 13.1 Å². The molecule has 4 N–H and O–H groups in total. The molecule has 0 saturated carbocycles. The number of aliphatic hydroxyl groups is 2. The van der Waals surface area contributed by atoms with Crippen LogP contribution in [0.3, 0.4) is 0 Å². The molecule has 6 aromatic rings. The van der Waals surface area contributed by atoms with E-state index in [9.17, 15) is 19.8 Å². The summed E-state index contributed by atoms with van der Waals surface area (Å²) in [4.78, 5) is 47.3. The third-order valence-electron chi connectivity index (χ3n) is 10.7. The molecule has 4 heterocycles. The van der Waals surface area contributed by atoms with Crippen molar-refractivity contribution in [3.63, 3.8) is 0 Å². The Kier molecular flexibility index (Phi) is 9.58. The predicted molar refractivity (Wildman–Crippen MR) is 199 cm³/mol. The van der Waals surface area contributed by atoms with Gasteiger partial charge in [0.15, 0.2) is 0 Å². The van der Waals surface area contributed by atoms with Crippen molar-refractivity contribution >= 4 is 33.9 Å². The molecule has 2 aliphatic rings. The number of aromatic amines is 2. The number of likely N-dealkylation sites (tertiary alicyclic amines) is 2. The van der Waals surface area contributed by atoms with Crippen LogP contribution in [0.25, 0.3) is 22.1 Å². The molecule has 0 bridgehead atoms. The monoisotopic (exact) mass is 696 g/mol. The van der Waals surface area contributed by atoms with E-state index >= 15 is 0 Å². The molecule has 266 valence electrons. The zero-order chi connectivity index (χ0) is 35.6. The number of aromatic nitrogens is 4. The maximum Gasteiger partial charge on any atom is 0.227 e. The molecule has 0 spiro atoms. The second kappa shape index (κ2) is 14.7. The topological polar surface area (TPSA) is 138 Å². The van der Waals surface area contributed by atoms with Crippen molar-refractivity contribution in [1.29, 1.82) is 0 Å². The van der Waals surface area contributed by atoms with Crippen molar-refractivity contribution in [1.82, 2.24) is 29.7 Å². The van der Waals surface area contributed by atoms with E-state index < -0.39 is 12.2 Å². The van der Waals surface area contributed by atoms with E-state index in [4.69, 9.17) is 9.97 Å². The van der Waals surface area contributed by atoms with E-state index in [0.29, 0.717) is 48.1 Å². The molecule has 10 heteroatoms. The molecule has 2 aromatic heterocycles. The second-order valence-electron chi connectivity index (χ2n) is 14.2. The Morgan fingerprint density at radius 2 is 1.04 bits per heavy atom. The lowest BCUT2D eigenvalue weighted by Crippen LogP contribution is -2.39. The van der Waals surface area contributed by atoms with Crippen LogP contribution in [0.2, 0.25) is 0 Å². The van der Waals surface area contributed by atoms with Crippen LogP contribution in [0.1, 0.15) is 96.7 Å². The van der Waals surface area contributed by atoms with E-state index in [1.54, 1.807) is 24.3 Å². The molecule has 4 aromatic carbocycles. The number of carbonyl (C=O) groups excluding carboxylic acids is 2. The van der Waals surface area contributed by atoms with Gasteiger partial charge in [-0.15, -0.1) is 0 Å². The summed E-state index contributed by atoms with van der Waals surface area (Å²) in [6, 6.07) is 30.3. The van der Waals surface area contributed by atoms with E-state index in [-0.39, 0.29) is 23.9 Å². The smallest absolute Gasteiger partial charge is 0.227 e. The van der Waals surface area contributed by atoms with Crippen LogP contribution >= 0.6 is 0 Å². The summed E-state index contributed by atoms with van der Waals surface area (Å²) in [6.07, 6.45) is 3.90. The molecule has 52 heavy (non-hydrogen) atoms. The van der Waals surface area contributed by atoms with Crippen molar-refractivity contribution in [2.24, 2.45) is 0 Å². The van der Waals surface area contributed by atoms with Crippen LogP contribution in [0.5, 0.6) is 0 Å². The lowest BCUT2D eigenvalue weighted by molar-refractivity contribution is -0.135. The molecular formula is C42H44N6O4. The van der Waals surface area contributed by atoms with Crippen LogP contribution in [0.15, 0.2) is 97.1 Å². The second-order valence-corrected chi connectivity index (χ2v) is 14.2. The first-order valence-corrected chi connectivity index (χ1v) is 18.4. The SMILES string of the molecule is O=C(Cc1ccccc1)N1CCCC[C@H]1c1nc2cc(C(O)C(O)c3ccc4[nH]c([C@@H]5CCCCN5C(=O)Cc5ccccc5)nc4c3)ccc2[nH]1. The number of aliphatic hydroxyl groups excluding tert-OH is 2. The van der Waals surface area contributed by atoms with Gasteiger partial charge in [0.1, 0.15) is 23.9 Å². The van der Waals surface area contributed by atoms with Crippen LogP contribution in [-0.4, -0.2) is 64.9 Å². The Balaban J connectivity index is 0.983. The van der Waals surface area contributed by atoms with E-state index in [0.717, 1.165) is 72.3 Å². The van der Waals surface area contributed by atoms with Gasteiger partial charge in [0, 0.05) is 13.1 Å². The number of imidazole rings is 2. The van der Waals surface area contributed by atoms with Crippen LogP contribution in [0.4, 0.5) is 0 Å². The van der Waals surface area contributed by atoms with Gasteiger partial charge in [-0.2, -0.15) is 0 Å². The minimum atomic E-state index is -1.21. The molecule has 2 fully saturated rings. The number of piperidine rings is 2. The third-order valence-corrected chi connectivity index (χ3v) is 10.7. The number of carbonyl (C=O) groups is 2. The van der Waals surface area contributed by atoms with Crippen LogP contribution in [-0.2, 0) is 22.4 Å². The highest BCUT2D eigenvalue weighted by atomic mass is 16.3. The van der Waals surface area contributed by atoms with E-state index in [2.05, 4.69) is 9.97 Å².